The van der Waals surface area contributed by atoms with Gasteiger partial charge in [0.1, 0.15) is 11.6 Å². The van der Waals surface area contributed by atoms with E-state index < -0.39 is 5.91 Å². The number of rotatable bonds is 7. The zero-order valence-electron chi connectivity index (χ0n) is 13.3. The summed E-state index contributed by atoms with van der Waals surface area (Å²) in [6.45, 7) is 2.09. The summed E-state index contributed by atoms with van der Waals surface area (Å²) in [6.07, 6.45) is 0.717. The number of primary amides is 1. The molecule has 6 heteroatoms. The van der Waals surface area contributed by atoms with Crippen molar-refractivity contribution in [3.63, 3.8) is 0 Å². The topological polar surface area (TPSA) is 81.4 Å². The molecule has 0 aromatic heterocycles. The first-order valence-corrected chi connectivity index (χ1v) is 7.55. The van der Waals surface area contributed by atoms with Gasteiger partial charge in [-0.25, -0.2) is 4.39 Å². The van der Waals surface area contributed by atoms with E-state index in [1.54, 1.807) is 25.1 Å². The largest absolute Gasteiger partial charge is 0.494 e. The van der Waals surface area contributed by atoms with E-state index >= 15 is 0 Å². The molecule has 3 N–H and O–H groups in total. The average molecular weight is 330 g/mol. The van der Waals surface area contributed by atoms with Crippen molar-refractivity contribution in [1.29, 1.82) is 0 Å². The molecule has 0 aliphatic rings. The summed E-state index contributed by atoms with van der Waals surface area (Å²) in [5.41, 5.74) is 6.78. The van der Waals surface area contributed by atoms with Gasteiger partial charge in [0.05, 0.1) is 17.9 Å². The van der Waals surface area contributed by atoms with Gasteiger partial charge in [0.25, 0.3) is 5.91 Å². The van der Waals surface area contributed by atoms with Gasteiger partial charge in [-0.3, -0.25) is 9.59 Å². The number of anilines is 1. The third-order valence-electron chi connectivity index (χ3n) is 3.42. The van der Waals surface area contributed by atoms with Crippen molar-refractivity contribution in [2.75, 3.05) is 11.9 Å². The highest BCUT2D eigenvalue weighted by atomic mass is 19.1. The van der Waals surface area contributed by atoms with Gasteiger partial charge in [-0.15, -0.1) is 0 Å². The van der Waals surface area contributed by atoms with Crippen LogP contribution >= 0.6 is 0 Å². The number of halogens is 1. The smallest absolute Gasteiger partial charge is 0.251 e. The summed E-state index contributed by atoms with van der Waals surface area (Å²) in [5, 5.41) is 2.69. The summed E-state index contributed by atoms with van der Waals surface area (Å²) < 4.78 is 18.2. The van der Waals surface area contributed by atoms with Crippen molar-refractivity contribution >= 4 is 17.5 Å². The Kier molecular flexibility index (Phi) is 5.89. The van der Waals surface area contributed by atoms with Crippen LogP contribution in [0.5, 0.6) is 5.75 Å². The third-order valence-corrected chi connectivity index (χ3v) is 3.42. The molecular weight excluding hydrogens is 311 g/mol. The fourth-order valence-corrected chi connectivity index (χ4v) is 2.27. The van der Waals surface area contributed by atoms with Crippen LogP contribution < -0.4 is 15.8 Å². The standard InChI is InChI=1S/C18H19FN2O3/c1-12-4-2-5-15(17(12)18(20)23)21-16(22)6-3-11-24-14-9-7-13(19)8-10-14/h2,4-5,7-10H,3,6,11H2,1H3,(H2,20,23)(H,21,22). The predicted octanol–water partition coefficient (Wildman–Crippen LogP) is 3.03. The van der Waals surface area contributed by atoms with Crippen LogP contribution in [0.1, 0.15) is 28.8 Å². The van der Waals surface area contributed by atoms with Gasteiger partial charge in [-0.1, -0.05) is 12.1 Å². The Labute approximate surface area is 139 Å². The first kappa shape index (κ1) is 17.5. The fraction of sp³-hybridized carbons (Fsp3) is 0.222. The van der Waals surface area contributed by atoms with Crippen molar-refractivity contribution in [1.82, 2.24) is 0 Å². The van der Waals surface area contributed by atoms with Crippen LogP contribution in [0.25, 0.3) is 0 Å². The Morgan fingerprint density at radius 2 is 1.88 bits per heavy atom. The molecule has 126 valence electrons. The highest BCUT2D eigenvalue weighted by molar-refractivity contribution is 6.04. The van der Waals surface area contributed by atoms with E-state index in [-0.39, 0.29) is 18.1 Å². The average Bonchev–Trinajstić information content (AvgIpc) is 2.53. The maximum atomic E-state index is 12.8. The molecule has 2 aromatic carbocycles. The van der Waals surface area contributed by atoms with E-state index in [0.717, 1.165) is 0 Å². The molecule has 0 unspecified atom stereocenters. The molecule has 0 radical (unpaired) electrons. The van der Waals surface area contributed by atoms with Gasteiger partial charge in [0, 0.05) is 6.42 Å². The minimum Gasteiger partial charge on any atom is -0.494 e. The first-order chi connectivity index (χ1) is 11.5. The lowest BCUT2D eigenvalue weighted by atomic mass is 10.1. The highest BCUT2D eigenvalue weighted by Gasteiger charge is 2.13. The number of benzene rings is 2. The van der Waals surface area contributed by atoms with Crippen LogP contribution in [0.15, 0.2) is 42.5 Å². The predicted molar refractivity (Wildman–Crippen MR) is 89.5 cm³/mol. The van der Waals surface area contributed by atoms with E-state index in [1.165, 1.54) is 24.3 Å². The number of aryl methyl sites for hydroxylation is 1. The molecule has 0 spiro atoms. The quantitative estimate of drug-likeness (QED) is 0.766. The zero-order chi connectivity index (χ0) is 17.5. The molecule has 24 heavy (non-hydrogen) atoms. The molecule has 2 amide bonds. The number of ether oxygens (including phenoxy) is 1. The van der Waals surface area contributed by atoms with Crippen LogP contribution in [0, 0.1) is 12.7 Å². The lowest BCUT2D eigenvalue weighted by Gasteiger charge is -2.11. The fourth-order valence-electron chi connectivity index (χ4n) is 2.27. The summed E-state index contributed by atoms with van der Waals surface area (Å²) in [5.74, 6) is -0.592. The maximum absolute atomic E-state index is 12.8. The second kappa shape index (κ2) is 8.10. The van der Waals surface area contributed by atoms with E-state index in [0.29, 0.717) is 35.6 Å². The van der Waals surface area contributed by atoms with Gasteiger partial charge >= 0.3 is 0 Å². The summed E-state index contributed by atoms with van der Waals surface area (Å²) >= 11 is 0. The van der Waals surface area contributed by atoms with Gasteiger partial charge in [-0.2, -0.15) is 0 Å². The highest BCUT2D eigenvalue weighted by Crippen LogP contribution is 2.19. The van der Waals surface area contributed by atoms with E-state index in [4.69, 9.17) is 10.5 Å². The first-order valence-electron chi connectivity index (χ1n) is 7.55. The Bertz CT molecular complexity index is 730. The summed E-state index contributed by atoms with van der Waals surface area (Å²) in [4.78, 5) is 23.5. The van der Waals surface area contributed by atoms with E-state index in [2.05, 4.69) is 5.32 Å². The van der Waals surface area contributed by atoms with Crippen molar-refractivity contribution in [3.8, 4) is 5.75 Å². The molecule has 2 rings (SSSR count). The Morgan fingerprint density at radius 3 is 2.54 bits per heavy atom. The van der Waals surface area contributed by atoms with Crippen LogP contribution in [0.2, 0.25) is 0 Å². The lowest BCUT2D eigenvalue weighted by Crippen LogP contribution is -2.19. The van der Waals surface area contributed by atoms with Crippen LogP contribution in [0.3, 0.4) is 0 Å². The van der Waals surface area contributed by atoms with Gasteiger partial charge in [0.2, 0.25) is 5.91 Å². The molecule has 0 atom stereocenters. The molecular formula is C18H19FN2O3. The molecule has 0 saturated carbocycles. The Hall–Kier alpha value is -2.89. The Balaban J connectivity index is 1.83. The maximum Gasteiger partial charge on any atom is 0.251 e. The Morgan fingerprint density at radius 1 is 1.17 bits per heavy atom. The third kappa shape index (κ3) is 4.81. The van der Waals surface area contributed by atoms with Gasteiger partial charge < -0.3 is 15.8 Å². The van der Waals surface area contributed by atoms with Crippen molar-refractivity contribution in [2.45, 2.75) is 19.8 Å². The number of carbonyl (C=O) groups excluding carboxylic acids is 2. The molecule has 0 aliphatic heterocycles. The molecule has 5 nitrogen and oxygen atoms in total. The zero-order valence-corrected chi connectivity index (χ0v) is 13.3. The van der Waals surface area contributed by atoms with Crippen molar-refractivity contribution in [2.24, 2.45) is 5.73 Å². The molecule has 0 saturated heterocycles. The molecule has 2 aromatic rings. The normalized spacial score (nSPS) is 10.2. The molecule has 0 aliphatic carbocycles. The minimum atomic E-state index is -0.581. The minimum absolute atomic E-state index is 0.230. The van der Waals surface area contributed by atoms with Crippen LogP contribution in [-0.2, 0) is 4.79 Å². The summed E-state index contributed by atoms with van der Waals surface area (Å²) in [6, 6.07) is 10.8. The van der Waals surface area contributed by atoms with Crippen molar-refractivity contribution < 1.29 is 18.7 Å². The number of hydrogen-bond donors (Lipinski definition) is 2. The van der Waals surface area contributed by atoms with Crippen LogP contribution in [-0.4, -0.2) is 18.4 Å². The number of carbonyl (C=O) groups is 2. The van der Waals surface area contributed by atoms with E-state index in [1.807, 2.05) is 0 Å². The molecule has 0 heterocycles. The van der Waals surface area contributed by atoms with Crippen molar-refractivity contribution in [3.05, 3.63) is 59.4 Å². The van der Waals surface area contributed by atoms with Crippen LogP contribution in [0.4, 0.5) is 10.1 Å². The lowest BCUT2D eigenvalue weighted by molar-refractivity contribution is -0.116. The second-order valence-corrected chi connectivity index (χ2v) is 5.32. The SMILES string of the molecule is Cc1cccc(NC(=O)CCCOc2ccc(F)cc2)c1C(N)=O. The monoisotopic (exact) mass is 330 g/mol. The number of nitrogens with two attached hydrogens (primary N) is 1. The van der Waals surface area contributed by atoms with E-state index in [9.17, 15) is 14.0 Å². The number of hydrogen-bond acceptors (Lipinski definition) is 3. The molecule has 0 bridgehead atoms. The molecule has 0 fully saturated rings. The second-order valence-electron chi connectivity index (χ2n) is 5.32. The number of nitrogens with one attached hydrogen (secondary N) is 1. The van der Waals surface area contributed by atoms with Gasteiger partial charge in [-0.05, 0) is 49.2 Å². The summed E-state index contributed by atoms with van der Waals surface area (Å²) in [7, 11) is 0. The number of amides is 2. The van der Waals surface area contributed by atoms with Gasteiger partial charge in [0.15, 0.2) is 0 Å².